The van der Waals surface area contributed by atoms with Crippen molar-refractivity contribution in [2.75, 3.05) is 33.3 Å². The largest absolute Gasteiger partial charge is 0.492 e. The van der Waals surface area contributed by atoms with Gasteiger partial charge in [-0.15, -0.1) is 0 Å². The second-order valence-electron chi connectivity index (χ2n) is 4.52. The van der Waals surface area contributed by atoms with Crippen LogP contribution < -0.4 is 0 Å². The Morgan fingerprint density at radius 1 is 1.37 bits per heavy atom. The smallest absolute Gasteiger partial charge is 0.288 e. The van der Waals surface area contributed by atoms with Crippen molar-refractivity contribution in [2.45, 2.75) is 6.54 Å². The average molecular weight is 261 g/mol. The number of hydrogen-bond donors (Lipinski definition) is 0. The normalized spacial score (nSPS) is 16.2. The first-order valence-electron chi connectivity index (χ1n) is 6.35. The minimum atomic E-state index is -0.111. The Morgan fingerprint density at radius 3 is 2.68 bits per heavy atom. The molecule has 0 spiro atoms. The lowest BCUT2D eigenvalue weighted by Crippen LogP contribution is -2.48. The van der Waals surface area contributed by atoms with Gasteiger partial charge in [-0.3, -0.25) is 14.7 Å². The fourth-order valence-corrected chi connectivity index (χ4v) is 2.09. The van der Waals surface area contributed by atoms with Gasteiger partial charge < -0.3 is 9.64 Å². The summed E-state index contributed by atoms with van der Waals surface area (Å²) < 4.78 is 4.88. The molecule has 1 aliphatic heterocycles. The van der Waals surface area contributed by atoms with Gasteiger partial charge in [0.2, 0.25) is 0 Å². The molecule has 0 saturated carbocycles. The molecule has 1 amide bonds. The van der Waals surface area contributed by atoms with Gasteiger partial charge in [-0.1, -0.05) is 12.6 Å². The molecule has 2 heterocycles. The number of ether oxygens (including phenoxy) is 1. The highest BCUT2D eigenvalue weighted by molar-refractivity contribution is 5.90. The van der Waals surface area contributed by atoms with Crippen molar-refractivity contribution in [1.82, 2.24) is 14.8 Å². The number of rotatable bonds is 4. The standard InChI is InChI=1S/C14H19N3O2/c1-12(19-2)14(18)17-9-7-16(8-10-17)11-13-5-3-4-6-15-13/h3-6H,1,7-11H2,2H3. The van der Waals surface area contributed by atoms with Gasteiger partial charge in [0.25, 0.3) is 5.91 Å². The molecular formula is C14H19N3O2. The molecule has 19 heavy (non-hydrogen) atoms. The van der Waals surface area contributed by atoms with Gasteiger partial charge in [0.05, 0.1) is 12.8 Å². The number of pyridine rings is 1. The summed E-state index contributed by atoms with van der Waals surface area (Å²) in [6.45, 7) is 7.52. The van der Waals surface area contributed by atoms with Crippen molar-refractivity contribution in [3.05, 3.63) is 42.4 Å². The van der Waals surface area contributed by atoms with E-state index in [9.17, 15) is 4.79 Å². The maximum Gasteiger partial charge on any atom is 0.288 e. The second kappa shape index (κ2) is 6.33. The molecule has 0 N–H and O–H groups in total. The van der Waals surface area contributed by atoms with Gasteiger partial charge >= 0.3 is 0 Å². The fourth-order valence-electron chi connectivity index (χ4n) is 2.09. The van der Waals surface area contributed by atoms with Gasteiger partial charge in [0.15, 0.2) is 5.76 Å². The Bertz CT molecular complexity index is 439. The third-order valence-corrected chi connectivity index (χ3v) is 3.26. The molecule has 5 nitrogen and oxygen atoms in total. The van der Waals surface area contributed by atoms with Crippen molar-refractivity contribution in [1.29, 1.82) is 0 Å². The SMILES string of the molecule is C=C(OC)C(=O)N1CCN(Cc2ccccn2)CC1. The van der Waals surface area contributed by atoms with Crippen LogP contribution in [0.4, 0.5) is 0 Å². The molecule has 1 fully saturated rings. The zero-order valence-electron chi connectivity index (χ0n) is 11.2. The van der Waals surface area contributed by atoms with Gasteiger partial charge in [-0.2, -0.15) is 0 Å². The first kappa shape index (κ1) is 13.5. The minimum Gasteiger partial charge on any atom is -0.492 e. The molecule has 0 aromatic carbocycles. The summed E-state index contributed by atoms with van der Waals surface area (Å²) in [6, 6.07) is 5.92. The van der Waals surface area contributed by atoms with Crippen LogP contribution in [0.15, 0.2) is 36.7 Å². The summed E-state index contributed by atoms with van der Waals surface area (Å²) in [5, 5.41) is 0. The minimum absolute atomic E-state index is 0.111. The molecule has 1 aromatic heterocycles. The van der Waals surface area contributed by atoms with Crippen molar-refractivity contribution < 1.29 is 9.53 Å². The quantitative estimate of drug-likeness (QED) is 0.596. The maximum atomic E-state index is 11.9. The second-order valence-corrected chi connectivity index (χ2v) is 4.52. The third kappa shape index (κ3) is 3.54. The number of carbonyl (C=O) groups excluding carboxylic acids is 1. The Labute approximate surface area is 113 Å². The molecule has 1 saturated heterocycles. The van der Waals surface area contributed by atoms with Crippen LogP contribution in [-0.2, 0) is 16.1 Å². The summed E-state index contributed by atoms with van der Waals surface area (Å²) in [5.41, 5.74) is 1.06. The lowest BCUT2D eigenvalue weighted by Gasteiger charge is -2.34. The summed E-state index contributed by atoms with van der Waals surface area (Å²) in [4.78, 5) is 20.2. The molecule has 2 rings (SSSR count). The van der Waals surface area contributed by atoms with E-state index in [1.807, 2.05) is 18.2 Å². The van der Waals surface area contributed by atoms with Gasteiger partial charge in [-0.05, 0) is 12.1 Å². The van der Waals surface area contributed by atoms with E-state index in [2.05, 4.69) is 16.5 Å². The number of aromatic nitrogens is 1. The Morgan fingerprint density at radius 2 is 2.11 bits per heavy atom. The van der Waals surface area contributed by atoms with Crippen molar-refractivity contribution in [2.24, 2.45) is 0 Å². The summed E-state index contributed by atoms with van der Waals surface area (Å²) in [5.74, 6) is 0.0955. The molecule has 1 aliphatic rings. The van der Waals surface area contributed by atoms with E-state index in [-0.39, 0.29) is 11.7 Å². The number of nitrogens with zero attached hydrogens (tertiary/aromatic N) is 3. The van der Waals surface area contributed by atoms with E-state index in [0.29, 0.717) is 13.1 Å². The van der Waals surface area contributed by atoms with Crippen LogP contribution in [0.2, 0.25) is 0 Å². The summed E-state index contributed by atoms with van der Waals surface area (Å²) in [6.07, 6.45) is 1.80. The molecule has 0 bridgehead atoms. The fraction of sp³-hybridized carbons (Fsp3) is 0.429. The van der Waals surface area contributed by atoms with Gasteiger partial charge in [-0.25, -0.2) is 0 Å². The first-order valence-corrected chi connectivity index (χ1v) is 6.35. The van der Waals surface area contributed by atoms with Crippen molar-refractivity contribution in [3.63, 3.8) is 0 Å². The summed E-state index contributed by atoms with van der Waals surface area (Å²) in [7, 11) is 1.47. The van der Waals surface area contributed by atoms with Crippen LogP contribution in [0, 0.1) is 0 Å². The first-order chi connectivity index (χ1) is 9.20. The van der Waals surface area contributed by atoms with E-state index in [0.717, 1.165) is 25.3 Å². The zero-order chi connectivity index (χ0) is 13.7. The number of carbonyl (C=O) groups is 1. The van der Waals surface area contributed by atoms with Crippen LogP contribution in [0.3, 0.4) is 0 Å². The molecule has 0 aliphatic carbocycles. The highest BCUT2D eigenvalue weighted by atomic mass is 16.5. The number of piperazine rings is 1. The van der Waals surface area contributed by atoms with Crippen LogP contribution >= 0.6 is 0 Å². The van der Waals surface area contributed by atoms with Crippen LogP contribution in [-0.4, -0.2) is 54.0 Å². The summed E-state index contributed by atoms with van der Waals surface area (Å²) >= 11 is 0. The number of hydrogen-bond acceptors (Lipinski definition) is 4. The van der Waals surface area contributed by atoms with Crippen LogP contribution in [0.5, 0.6) is 0 Å². The number of amides is 1. The Kier molecular flexibility index (Phi) is 4.52. The van der Waals surface area contributed by atoms with E-state index in [4.69, 9.17) is 4.74 Å². The van der Waals surface area contributed by atoms with E-state index in [1.54, 1.807) is 11.1 Å². The van der Waals surface area contributed by atoms with Gasteiger partial charge in [0.1, 0.15) is 0 Å². The molecular weight excluding hydrogens is 242 g/mol. The van der Waals surface area contributed by atoms with Crippen molar-refractivity contribution >= 4 is 5.91 Å². The maximum absolute atomic E-state index is 11.9. The highest BCUT2D eigenvalue weighted by Gasteiger charge is 2.23. The lowest BCUT2D eigenvalue weighted by atomic mass is 10.2. The van der Waals surface area contributed by atoms with Gasteiger partial charge in [0, 0.05) is 38.9 Å². The topological polar surface area (TPSA) is 45.7 Å². The van der Waals surface area contributed by atoms with E-state index >= 15 is 0 Å². The highest BCUT2D eigenvalue weighted by Crippen LogP contribution is 2.09. The molecule has 0 unspecified atom stereocenters. The predicted molar refractivity (Wildman–Crippen MR) is 72.2 cm³/mol. The average Bonchev–Trinajstić information content (AvgIpc) is 2.47. The molecule has 1 aromatic rings. The molecule has 0 atom stereocenters. The Balaban J connectivity index is 1.83. The Hall–Kier alpha value is -1.88. The third-order valence-electron chi connectivity index (χ3n) is 3.26. The monoisotopic (exact) mass is 261 g/mol. The van der Waals surface area contributed by atoms with E-state index in [1.165, 1.54) is 7.11 Å². The predicted octanol–water partition coefficient (Wildman–Crippen LogP) is 0.886. The van der Waals surface area contributed by atoms with Crippen LogP contribution in [0.1, 0.15) is 5.69 Å². The molecule has 5 heteroatoms. The zero-order valence-corrected chi connectivity index (χ0v) is 11.2. The van der Waals surface area contributed by atoms with E-state index < -0.39 is 0 Å². The molecule has 0 radical (unpaired) electrons. The molecule has 102 valence electrons. The number of methoxy groups -OCH3 is 1. The van der Waals surface area contributed by atoms with Crippen molar-refractivity contribution in [3.8, 4) is 0 Å². The lowest BCUT2D eigenvalue weighted by molar-refractivity contribution is -0.132. The van der Waals surface area contributed by atoms with Crippen LogP contribution in [0.25, 0.3) is 0 Å².